The van der Waals surface area contributed by atoms with E-state index in [4.69, 9.17) is 20.6 Å². The number of carbonyl (C=O) groups is 2. The first-order valence-corrected chi connectivity index (χ1v) is 10.8. The van der Waals surface area contributed by atoms with Crippen LogP contribution < -0.4 is 26.8 Å². The van der Waals surface area contributed by atoms with Crippen LogP contribution in [0.4, 0.5) is 31.3 Å². The maximum absolute atomic E-state index is 13.4. The van der Waals surface area contributed by atoms with Crippen LogP contribution >= 0.6 is 0 Å². The molecule has 0 aliphatic carbocycles. The van der Waals surface area contributed by atoms with Crippen LogP contribution in [0, 0.1) is 5.82 Å². The van der Waals surface area contributed by atoms with E-state index in [0.29, 0.717) is 34.3 Å². The zero-order valence-corrected chi connectivity index (χ0v) is 19.0. The van der Waals surface area contributed by atoms with Gasteiger partial charge >= 0.3 is 12.1 Å². The third-order valence-corrected chi connectivity index (χ3v) is 5.17. The molecule has 0 aliphatic rings. The average molecular weight is 502 g/mol. The number of hydrogen-bond acceptors (Lipinski definition) is 7. The molecule has 0 saturated carbocycles. The highest BCUT2D eigenvalue weighted by Crippen LogP contribution is 2.26. The molecule has 37 heavy (non-hydrogen) atoms. The Balaban J connectivity index is 1.33. The van der Waals surface area contributed by atoms with E-state index in [9.17, 15) is 14.0 Å². The number of amides is 3. The van der Waals surface area contributed by atoms with Crippen LogP contribution in [0.5, 0.6) is 5.88 Å². The number of rotatable bonds is 6. The molecule has 0 saturated heterocycles. The predicted molar refractivity (Wildman–Crippen MR) is 132 cm³/mol. The van der Waals surface area contributed by atoms with Crippen molar-refractivity contribution >= 4 is 29.4 Å². The first-order valence-electron chi connectivity index (χ1n) is 10.8. The summed E-state index contributed by atoms with van der Waals surface area (Å²) in [7, 11) is 0. The molecule has 0 spiro atoms. The van der Waals surface area contributed by atoms with Crippen molar-refractivity contribution in [2.45, 2.75) is 0 Å². The molecule has 5 aromatic rings. The van der Waals surface area contributed by atoms with Gasteiger partial charge in [-0.05, 0) is 60.7 Å². The number of aromatic nitrogens is 4. The van der Waals surface area contributed by atoms with Crippen molar-refractivity contribution < 1.29 is 23.1 Å². The number of urea groups is 1. The molecule has 5 rings (SSSR count). The maximum Gasteiger partial charge on any atom is 0.411 e. The summed E-state index contributed by atoms with van der Waals surface area (Å²) in [6, 6.07) is 16.9. The third-order valence-electron chi connectivity index (χ3n) is 5.17. The second kappa shape index (κ2) is 9.58. The lowest BCUT2D eigenvalue weighted by molar-refractivity contribution is 0.209. The molecular weight excluding hydrogens is 483 g/mol. The standard InChI is InChI=1S/C24H19FN8O4/c25-14-3-7-17(8-4-14)33-20(12-18(31-33)19-2-1-11-36-19)30-24(35)29-15-5-9-16(10-6-15)32-13-28-22(21(32)26)37-23(27)34/h1-13H,26H2,(H2,27,34)(H2,29,30,35). The van der Waals surface area contributed by atoms with E-state index in [0.717, 1.165) is 0 Å². The second-order valence-electron chi connectivity index (χ2n) is 7.63. The first-order chi connectivity index (χ1) is 17.9. The summed E-state index contributed by atoms with van der Waals surface area (Å²) in [6.45, 7) is 0. The van der Waals surface area contributed by atoms with E-state index >= 15 is 0 Å². The van der Waals surface area contributed by atoms with E-state index < -0.39 is 17.9 Å². The lowest BCUT2D eigenvalue weighted by Gasteiger charge is -2.11. The molecule has 186 valence electrons. The van der Waals surface area contributed by atoms with Gasteiger partial charge in [-0.25, -0.2) is 18.7 Å². The number of imidazole rings is 1. The number of anilines is 3. The van der Waals surface area contributed by atoms with Crippen LogP contribution in [-0.2, 0) is 0 Å². The summed E-state index contributed by atoms with van der Waals surface area (Å²) in [4.78, 5) is 27.6. The van der Waals surface area contributed by atoms with E-state index in [1.165, 1.54) is 46.1 Å². The van der Waals surface area contributed by atoms with Crippen molar-refractivity contribution in [2.75, 3.05) is 16.4 Å². The molecule has 3 aromatic heterocycles. The molecule has 0 bridgehead atoms. The van der Waals surface area contributed by atoms with Gasteiger partial charge in [-0.15, -0.1) is 0 Å². The van der Waals surface area contributed by atoms with Gasteiger partial charge in [-0.1, -0.05) is 0 Å². The van der Waals surface area contributed by atoms with Gasteiger partial charge in [0.2, 0.25) is 0 Å². The number of nitrogens with zero attached hydrogens (tertiary/aromatic N) is 4. The Morgan fingerprint density at radius 1 is 1.00 bits per heavy atom. The molecule has 0 unspecified atom stereocenters. The van der Waals surface area contributed by atoms with Crippen LogP contribution in [0.3, 0.4) is 0 Å². The van der Waals surface area contributed by atoms with Gasteiger partial charge in [0.15, 0.2) is 11.6 Å². The summed E-state index contributed by atoms with van der Waals surface area (Å²) in [5, 5.41) is 9.97. The van der Waals surface area contributed by atoms with Crippen molar-refractivity contribution in [3.8, 4) is 28.7 Å². The molecule has 0 radical (unpaired) electrons. The fourth-order valence-corrected chi connectivity index (χ4v) is 3.50. The van der Waals surface area contributed by atoms with Gasteiger partial charge in [-0.3, -0.25) is 9.88 Å². The molecule has 0 fully saturated rings. The monoisotopic (exact) mass is 502 g/mol. The van der Waals surface area contributed by atoms with Crippen LogP contribution in [0.1, 0.15) is 0 Å². The number of furan rings is 1. The fraction of sp³-hybridized carbons (Fsp3) is 0. The molecule has 3 heterocycles. The van der Waals surface area contributed by atoms with Crippen molar-refractivity contribution in [3.05, 3.63) is 85.1 Å². The smallest absolute Gasteiger partial charge is 0.411 e. The minimum atomic E-state index is -1.03. The average Bonchev–Trinajstić information content (AvgIpc) is 3.62. The van der Waals surface area contributed by atoms with E-state index in [2.05, 4.69) is 20.7 Å². The normalized spacial score (nSPS) is 10.7. The minimum absolute atomic E-state index is 0.0821. The Morgan fingerprint density at radius 2 is 1.73 bits per heavy atom. The quantitative estimate of drug-likeness (QED) is 0.270. The lowest BCUT2D eigenvalue weighted by atomic mass is 10.3. The highest BCUT2D eigenvalue weighted by molar-refractivity contribution is 5.99. The van der Waals surface area contributed by atoms with Crippen LogP contribution in [-0.4, -0.2) is 31.5 Å². The van der Waals surface area contributed by atoms with Gasteiger partial charge in [0.1, 0.15) is 23.7 Å². The molecule has 6 N–H and O–H groups in total. The second-order valence-corrected chi connectivity index (χ2v) is 7.63. The Bertz CT molecular complexity index is 1560. The molecule has 0 aliphatic heterocycles. The number of nitrogen functional groups attached to an aromatic ring is 1. The topological polar surface area (TPSA) is 168 Å². The van der Waals surface area contributed by atoms with Gasteiger partial charge in [0, 0.05) is 17.4 Å². The number of primary amides is 1. The summed E-state index contributed by atoms with van der Waals surface area (Å²) in [5.41, 5.74) is 13.0. The highest BCUT2D eigenvalue weighted by Gasteiger charge is 2.16. The summed E-state index contributed by atoms with van der Waals surface area (Å²) in [6.07, 6.45) is 1.86. The lowest BCUT2D eigenvalue weighted by Crippen LogP contribution is -2.21. The van der Waals surface area contributed by atoms with E-state index in [-0.39, 0.29) is 11.7 Å². The Labute approximate surface area is 208 Å². The van der Waals surface area contributed by atoms with Crippen LogP contribution in [0.15, 0.2) is 83.7 Å². The summed E-state index contributed by atoms with van der Waals surface area (Å²) < 4.78 is 26.5. The maximum atomic E-state index is 13.4. The summed E-state index contributed by atoms with van der Waals surface area (Å²) in [5.74, 6) is 0.412. The predicted octanol–water partition coefficient (Wildman–Crippen LogP) is 4.14. The van der Waals surface area contributed by atoms with E-state index in [1.54, 1.807) is 42.5 Å². The summed E-state index contributed by atoms with van der Waals surface area (Å²) >= 11 is 0. The third kappa shape index (κ3) is 4.95. The van der Waals surface area contributed by atoms with E-state index in [1.807, 2.05) is 0 Å². The van der Waals surface area contributed by atoms with Gasteiger partial charge in [-0.2, -0.15) is 10.1 Å². The van der Waals surface area contributed by atoms with Crippen molar-refractivity contribution in [1.29, 1.82) is 0 Å². The number of benzene rings is 2. The SMILES string of the molecule is NC(=O)Oc1ncn(-c2ccc(NC(=O)Nc3cc(-c4ccco4)nn3-c3ccc(F)cc3)cc2)c1N. The fourth-order valence-electron chi connectivity index (χ4n) is 3.50. The van der Waals surface area contributed by atoms with Crippen LogP contribution in [0.2, 0.25) is 0 Å². The van der Waals surface area contributed by atoms with Gasteiger partial charge < -0.3 is 25.9 Å². The number of nitrogens with two attached hydrogens (primary N) is 2. The molecule has 13 heteroatoms. The zero-order chi connectivity index (χ0) is 25.9. The number of hydrogen-bond donors (Lipinski definition) is 4. The highest BCUT2D eigenvalue weighted by atomic mass is 19.1. The largest absolute Gasteiger partial charge is 0.463 e. The Kier molecular flexibility index (Phi) is 6.00. The zero-order valence-electron chi connectivity index (χ0n) is 19.0. The van der Waals surface area contributed by atoms with Crippen molar-refractivity contribution in [1.82, 2.24) is 19.3 Å². The minimum Gasteiger partial charge on any atom is -0.463 e. The van der Waals surface area contributed by atoms with Crippen molar-refractivity contribution in [3.63, 3.8) is 0 Å². The number of halogens is 1. The van der Waals surface area contributed by atoms with Gasteiger partial charge in [0.25, 0.3) is 5.88 Å². The Morgan fingerprint density at radius 3 is 2.41 bits per heavy atom. The molecule has 3 amide bonds. The molecular formula is C24H19FN8O4. The Hall–Kier alpha value is -5.59. The number of nitrogens with one attached hydrogen (secondary N) is 2. The molecule has 12 nitrogen and oxygen atoms in total. The number of ether oxygens (including phenoxy) is 1. The molecule has 0 atom stereocenters. The first kappa shape index (κ1) is 23.2. The number of carbonyl (C=O) groups excluding carboxylic acids is 2. The molecule has 2 aromatic carbocycles. The van der Waals surface area contributed by atoms with Crippen molar-refractivity contribution in [2.24, 2.45) is 5.73 Å². The van der Waals surface area contributed by atoms with Gasteiger partial charge in [0.05, 0.1) is 12.0 Å². The van der Waals surface area contributed by atoms with Crippen LogP contribution in [0.25, 0.3) is 22.8 Å².